The molecule has 0 bridgehead atoms. The normalized spacial score (nSPS) is 14.9. The molecule has 378 valence electrons. The molecule has 13 nitrogen and oxygen atoms in total. The summed E-state index contributed by atoms with van der Waals surface area (Å²) < 4.78 is 9.16. The molecule has 0 saturated carbocycles. The van der Waals surface area contributed by atoms with Crippen molar-refractivity contribution in [1.82, 2.24) is 35.5 Å². The molecule has 1 fully saturated rings. The van der Waals surface area contributed by atoms with Crippen LogP contribution in [-0.4, -0.2) is 82.1 Å². The van der Waals surface area contributed by atoms with Crippen LogP contribution in [0.2, 0.25) is 0 Å². The first-order valence-electron chi connectivity index (χ1n) is 25.9. The Hall–Kier alpha value is -5.72. The zero-order valence-electron chi connectivity index (χ0n) is 43.9. The Balaban J connectivity index is 0.000000653. The molecule has 3 aromatic carbocycles. The van der Waals surface area contributed by atoms with Gasteiger partial charge >= 0.3 is 12.2 Å². The van der Waals surface area contributed by atoms with Crippen LogP contribution in [0, 0.1) is 11.8 Å². The molecule has 4 N–H and O–H groups in total. The van der Waals surface area contributed by atoms with Gasteiger partial charge in [-0.2, -0.15) is 0 Å². The number of H-pyrrole nitrogens is 2. The van der Waals surface area contributed by atoms with E-state index in [0.29, 0.717) is 18.4 Å². The van der Waals surface area contributed by atoms with Crippen molar-refractivity contribution in [3.05, 3.63) is 71.4 Å². The summed E-state index contributed by atoms with van der Waals surface area (Å²) in [5.41, 5.74) is 9.71. The number of nitrogens with zero attached hydrogens (tertiary/aromatic N) is 3. The van der Waals surface area contributed by atoms with E-state index in [4.69, 9.17) is 14.7 Å². The van der Waals surface area contributed by atoms with Crippen molar-refractivity contribution >= 4 is 45.7 Å². The summed E-state index contributed by atoms with van der Waals surface area (Å²) in [6.45, 7) is 21.4. The fourth-order valence-electron chi connectivity index (χ4n) is 9.52. The average molecular weight is 950 g/mol. The fraction of sp³-hybridized carbons (Fsp3) is 0.571. The van der Waals surface area contributed by atoms with E-state index < -0.39 is 18.2 Å². The maximum Gasteiger partial charge on any atom is 0.407 e. The summed E-state index contributed by atoms with van der Waals surface area (Å²) in [5.74, 6) is 2.89. The first-order valence-corrected chi connectivity index (χ1v) is 25.9. The lowest BCUT2D eigenvalue weighted by atomic mass is 9.82. The third-order valence-corrected chi connectivity index (χ3v) is 12.9. The molecular formula is C56H83N7O6. The van der Waals surface area contributed by atoms with Crippen LogP contribution in [0.3, 0.4) is 0 Å². The van der Waals surface area contributed by atoms with Crippen LogP contribution in [0.4, 0.5) is 9.59 Å². The number of hydrogen-bond acceptors (Lipinski definition) is 8. The average Bonchev–Trinajstić information content (AvgIpc) is 4.15. The second kappa shape index (κ2) is 28.1. The standard InChI is InChI=1S/C46H60N6O3.C5H9NO3.C3H8.C2H6/c1-7-12-30(13-8-2)41(51-46(54)55-6)45(53)52-25-11-16-40(52)44-47-27-39(49-44)37-23-22-33(35-14-9-10-15-36(35)37)31-19-21-34-32(26-31)20-24-38-42(34)50-43(48-38)29(5)18-17-28(3)4;1-4(7)3-6-5(8)9-2;1-3-2;1-2/h19-24,26-30,40-41H,7-18,25H2,1-6H3,(H,47,49)(H,48,50)(H,51,54);3H2,1-2H3,(H,6,8);3H2,1-2H3;1-2H3/t29?,40-,41-;;;/m0.../s1. The van der Waals surface area contributed by atoms with Gasteiger partial charge in [-0.25, -0.2) is 19.6 Å². The van der Waals surface area contributed by atoms with Crippen LogP contribution >= 0.6 is 0 Å². The van der Waals surface area contributed by atoms with Crippen molar-refractivity contribution in [2.45, 2.75) is 171 Å². The molecule has 1 aliphatic heterocycles. The van der Waals surface area contributed by atoms with Gasteiger partial charge in [-0.05, 0) is 116 Å². The van der Waals surface area contributed by atoms with Gasteiger partial charge in [0.2, 0.25) is 5.91 Å². The topological polar surface area (TPSA) is 171 Å². The number of carbonyl (C=O) groups is 4. The number of rotatable bonds is 16. The Morgan fingerprint density at radius 3 is 2.09 bits per heavy atom. The maximum absolute atomic E-state index is 14.2. The van der Waals surface area contributed by atoms with Crippen LogP contribution in [-0.2, 0) is 31.9 Å². The van der Waals surface area contributed by atoms with E-state index in [1.54, 1.807) is 0 Å². The minimum absolute atomic E-state index is 0.0344. The number of imidazole rings is 2. The highest BCUT2D eigenvalue weighted by molar-refractivity contribution is 6.05. The number of hydrogen-bond donors (Lipinski definition) is 4. The Bertz CT molecular complexity index is 2410. The first-order chi connectivity index (χ1) is 33.3. The highest BCUT2D eigenvalue weighted by Gasteiger charge is 2.39. The number of aromatic amines is 2. The lowest BCUT2D eigenvalue weighted by molar-refractivity contribution is -0.136. The molecule has 3 amide bonds. The Morgan fingerprint density at radius 2 is 1.46 bits per heavy atom. The van der Waals surface area contributed by atoms with Crippen molar-refractivity contribution in [2.24, 2.45) is 11.8 Å². The second-order valence-corrected chi connectivity index (χ2v) is 18.8. The Kier molecular flexibility index (Phi) is 22.7. The molecule has 3 atom stereocenters. The zero-order chi connectivity index (χ0) is 50.6. The molecule has 0 spiro atoms. The van der Waals surface area contributed by atoms with Crippen molar-refractivity contribution in [1.29, 1.82) is 0 Å². The predicted octanol–water partition coefficient (Wildman–Crippen LogP) is 13.2. The lowest BCUT2D eigenvalue weighted by Crippen LogP contribution is -2.52. The molecule has 1 saturated heterocycles. The number of Topliss-reactive ketones (excluding diaryl/α,β-unsaturated/α-hetero) is 1. The van der Waals surface area contributed by atoms with Gasteiger partial charge in [0.1, 0.15) is 23.5 Å². The van der Waals surface area contributed by atoms with Gasteiger partial charge in [0.05, 0.1) is 49.7 Å². The number of carbonyl (C=O) groups excluding carboxylic acids is 4. The molecule has 2 aliphatic rings. The molecule has 1 unspecified atom stereocenters. The van der Waals surface area contributed by atoms with E-state index in [2.05, 4.69) is 116 Å². The van der Waals surface area contributed by atoms with Gasteiger partial charge in [0, 0.05) is 23.4 Å². The predicted molar refractivity (Wildman–Crippen MR) is 280 cm³/mol. The minimum Gasteiger partial charge on any atom is -0.453 e. The SMILES string of the molecule is CC.CCC.CCCC(CCC)[C@H](NC(=O)OC)C(=O)N1CCC[C@H]1c1ncc(-c2ccc(-c3ccc4c(ccc5[nH]c(C(C)CCC(C)C)nc54)c3)c3c2CCCC3)[nH]1.COC(=O)NCC(C)=O. The highest BCUT2D eigenvalue weighted by Crippen LogP contribution is 2.40. The molecule has 13 heteroatoms. The number of ketones is 1. The van der Waals surface area contributed by atoms with Crippen LogP contribution < -0.4 is 10.6 Å². The summed E-state index contributed by atoms with van der Waals surface area (Å²) in [5, 5.41) is 7.53. The number of ether oxygens (including phenoxy) is 2. The summed E-state index contributed by atoms with van der Waals surface area (Å²) in [6.07, 6.45) is 14.1. The van der Waals surface area contributed by atoms with Gasteiger partial charge in [-0.3, -0.25) is 9.59 Å². The zero-order valence-corrected chi connectivity index (χ0v) is 43.9. The summed E-state index contributed by atoms with van der Waals surface area (Å²) >= 11 is 0. The van der Waals surface area contributed by atoms with Crippen LogP contribution in [0.1, 0.15) is 175 Å². The highest BCUT2D eigenvalue weighted by atomic mass is 16.5. The Morgan fingerprint density at radius 1 is 0.812 bits per heavy atom. The molecule has 69 heavy (non-hydrogen) atoms. The van der Waals surface area contributed by atoms with Gasteiger partial charge in [0.25, 0.3) is 0 Å². The van der Waals surface area contributed by atoms with Crippen molar-refractivity contribution < 1.29 is 28.7 Å². The van der Waals surface area contributed by atoms with E-state index in [9.17, 15) is 19.2 Å². The number of alkyl carbamates (subject to hydrolysis) is 2. The number of amides is 3. The van der Waals surface area contributed by atoms with Crippen molar-refractivity contribution in [3.8, 4) is 22.4 Å². The molecular weight excluding hydrogens is 867 g/mol. The smallest absolute Gasteiger partial charge is 0.407 e. The summed E-state index contributed by atoms with van der Waals surface area (Å²) in [6, 6.07) is 15.0. The number of benzene rings is 3. The number of aromatic nitrogens is 4. The minimum atomic E-state index is -0.622. The number of methoxy groups -OCH3 is 2. The van der Waals surface area contributed by atoms with Gasteiger partial charge in [-0.1, -0.05) is 118 Å². The van der Waals surface area contributed by atoms with Crippen molar-refractivity contribution in [3.63, 3.8) is 0 Å². The molecule has 7 rings (SSSR count). The summed E-state index contributed by atoms with van der Waals surface area (Å²) in [4.78, 5) is 66.4. The first kappa shape index (κ1) is 55.9. The monoisotopic (exact) mass is 950 g/mol. The van der Waals surface area contributed by atoms with Crippen LogP contribution in [0.15, 0.2) is 48.7 Å². The largest absolute Gasteiger partial charge is 0.453 e. The fourth-order valence-corrected chi connectivity index (χ4v) is 9.52. The quantitative estimate of drug-likeness (QED) is 0.0757. The number of nitrogens with one attached hydrogen (secondary N) is 4. The van der Waals surface area contributed by atoms with E-state index >= 15 is 0 Å². The molecule has 3 heterocycles. The van der Waals surface area contributed by atoms with Gasteiger partial charge < -0.3 is 35.0 Å². The van der Waals surface area contributed by atoms with Gasteiger partial charge in [-0.15, -0.1) is 0 Å². The molecule has 5 aromatic rings. The lowest BCUT2D eigenvalue weighted by Gasteiger charge is -2.32. The van der Waals surface area contributed by atoms with E-state index in [1.165, 1.54) is 79.0 Å². The summed E-state index contributed by atoms with van der Waals surface area (Å²) in [7, 11) is 2.60. The van der Waals surface area contributed by atoms with Crippen LogP contribution in [0.25, 0.3) is 44.2 Å². The third-order valence-electron chi connectivity index (χ3n) is 12.9. The number of likely N-dealkylation sites (tertiary alicyclic amines) is 1. The van der Waals surface area contributed by atoms with Gasteiger partial charge in [0.15, 0.2) is 0 Å². The molecule has 0 radical (unpaired) electrons. The second-order valence-electron chi connectivity index (χ2n) is 18.8. The Labute approximate surface area is 412 Å². The van der Waals surface area contributed by atoms with E-state index in [-0.39, 0.29) is 30.2 Å². The van der Waals surface area contributed by atoms with Crippen molar-refractivity contribution in [2.75, 3.05) is 27.3 Å². The third kappa shape index (κ3) is 14.9. The maximum atomic E-state index is 14.2. The molecule has 1 aliphatic carbocycles. The molecule has 2 aromatic heterocycles. The van der Waals surface area contributed by atoms with E-state index in [1.807, 2.05) is 24.9 Å². The van der Waals surface area contributed by atoms with Crippen LogP contribution in [0.5, 0.6) is 0 Å². The number of fused-ring (bicyclic) bond motifs is 4. The van der Waals surface area contributed by atoms with E-state index in [0.717, 1.165) is 92.6 Å².